The van der Waals surface area contributed by atoms with Gasteiger partial charge in [0.25, 0.3) is 5.91 Å². The fraction of sp³-hybridized carbons (Fsp3) is 0.417. The van der Waals surface area contributed by atoms with Gasteiger partial charge in [0.05, 0.1) is 17.0 Å². The van der Waals surface area contributed by atoms with Crippen molar-refractivity contribution < 1.29 is 27.2 Å². The van der Waals surface area contributed by atoms with Gasteiger partial charge in [-0.3, -0.25) is 14.6 Å². The fourth-order valence-electron chi connectivity index (χ4n) is 5.35. The topological polar surface area (TPSA) is 43.9 Å². The second-order valence-electron chi connectivity index (χ2n) is 9.20. The number of hydrogen-bond acceptors (Lipinski definition) is 3. The summed E-state index contributed by atoms with van der Waals surface area (Å²) in [4.78, 5) is 27.7. The van der Waals surface area contributed by atoms with Crippen molar-refractivity contribution in [3.63, 3.8) is 0 Å². The summed E-state index contributed by atoms with van der Waals surface area (Å²) >= 11 is 0. The molecule has 0 radical (unpaired) electrons. The molecule has 0 aliphatic carbocycles. The molecule has 3 fully saturated rings. The quantitative estimate of drug-likeness (QED) is 0.636. The van der Waals surface area contributed by atoms with Crippen molar-refractivity contribution >= 4 is 11.8 Å². The smallest absolute Gasteiger partial charge is 0.256 e. The average molecular weight is 461 g/mol. The minimum absolute atomic E-state index is 0.116. The Balaban J connectivity index is 1.32. The van der Waals surface area contributed by atoms with E-state index in [9.17, 15) is 27.2 Å². The molecule has 3 aliphatic heterocycles. The highest BCUT2D eigenvalue weighted by atomic mass is 19.1. The largest absolute Gasteiger partial charge is 0.338 e. The van der Waals surface area contributed by atoms with Crippen LogP contribution in [0.25, 0.3) is 0 Å². The maximum atomic E-state index is 14.3. The summed E-state index contributed by atoms with van der Waals surface area (Å²) in [5, 5.41) is 3.53. The van der Waals surface area contributed by atoms with Gasteiger partial charge in [-0.1, -0.05) is 0 Å². The zero-order chi connectivity index (χ0) is 23.5. The number of hydrazine groups is 1. The summed E-state index contributed by atoms with van der Waals surface area (Å²) in [6.45, 7) is 2.96. The molecule has 0 aromatic heterocycles. The van der Waals surface area contributed by atoms with E-state index >= 15 is 0 Å². The highest BCUT2D eigenvalue weighted by Crippen LogP contribution is 2.47. The zero-order valence-corrected chi connectivity index (χ0v) is 18.1. The van der Waals surface area contributed by atoms with Crippen LogP contribution in [0.3, 0.4) is 0 Å². The predicted octanol–water partition coefficient (Wildman–Crippen LogP) is 3.98. The molecule has 1 spiro atoms. The first-order valence-corrected chi connectivity index (χ1v) is 11.0. The van der Waals surface area contributed by atoms with Crippen LogP contribution in [0, 0.1) is 35.6 Å². The number of halogens is 4. The first kappa shape index (κ1) is 21.9. The molecule has 2 aromatic carbocycles. The molecule has 3 saturated heterocycles. The van der Waals surface area contributed by atoms with Crippen LogP contribution in [-0.4, -0.2) is 52.9 Å². The van der Waals surface area contributed by atoms with Crippen LogP contribution in [0.5, 0.6) is 0 Å². The molecule has 9 heteroatoms. The number of piperidine rings is 1. The molecule has 3 aliphatic rings. The molecule has 33 heavy (non-hydrogen) atoms. The Hall–Kier alpha value is -2.94. The Bertz CT molecular complexity index is 1130. The first-order chi connectivity index (χ1) is 15.7. The minimum atomic E-state index is -0.770. The Morgan fingerprint density at radius 2 is 1.61 bits per heavy atom. The number of amides is 2. The molecule has 2 amide bonds. The number of hydrogen-bond donors (Lipinski definition) is 0. The summed E-state index contributed by atoms with van der Waals surface area (Å²) in [6, 6.07) is 4.80. The third-order valence-electron chi connectivity index (χ3n) is 7.16. The van der Waals surface area contributed by atoms with Crippen LogP contribution in [0.2, 0.25) is 0 Å². The van der Waals surface area contributed by atoms with Gasteiger partial charge in [-0.15, -0.1) is 0 Å². The molecule has 3 heterocycles. The normalized spacial score (nSPS) is 22.3. The van der Waals surface area contributed by atoms with Gasteiger partial charge in [0.1, 0.15) is 23.3 Å². The Morgan fingerprint density at radius 1 is 0.939 bits per heavy atom. The Labute approximate surface area is 188 Å². The minimum Gasteiger partial charge on any atom is -0.338 e. The summed E-state index contributed by atoms with van der Waals surface area (Å²) < 4.78 is 55.7. The number of nitrogens with zero attached hydrogens (tertiary/aromatic N) is 3. The predicted molar refractivity (Wildman–Crippen MR) is 111 cm³/mol. The highest BCUT2D eigenvalue weighted by Gasteiger charge is 2.56. The van der Waals surface area contributed by atoms with Crippen LogP contribution < -0.4 is 0 Å². The van der Waals surface area contributed by atoms with Crippen LogP contribution in [0.1, 0.15) is 46.8 Å². The molecule has 0 unspecified atom stereocenters. The van der Waals surface area contributed by atoms with E-state index < -0.39 is 40.6 Å². The van der Waals surface area contributed by atoms with Gasteiger partial charge in [0.15, 0.2) is 0 Å². The fourth-order valence-corrected chi connectivity index (χ4v) is 5.35. The second kappa shape index (κ2) is 7.83. The van der Waals surface area contributed by atoms with Gasteiger partial charge in [-0.25, -0.2) is 22.6 Å². The molecule has 0 bridgehead atoms. The number of rotatable bonds is 2. The van der Waals surface area contributed by atoms with Crippen molar-refractivity contribution in [2.75, 3.05) is 26.2 Å². The lowest BCUT2D eigenvalue weighted by Crippen LogP contribution is -2.48. The van der Waals surface area contributed by atoms with Crippen LogP contribution in [0.4, 0.5) is 17.6 Å². The number of carbonyl (C=O) groups is 2. The maximum absolute atomic E-state index is 14.3. The zero-order valence-electron chi connectivity index (χ0n) is 18.1. The average Bonchev–Trinajstić information content (AvgIpc) is 3.28. The van der Waals surface area contributed by atoms with Gasteiger partial charge >= 0.3 is 0 Å². The van der Waals surface area contributed by atoms with Crippen LogP contribution >= 0.6 is 0 Å². The first-order valence-electron chi connectivity index (χ1n) is 11.0. The van der Waals surface area contributed by atoms with Crippen molar-refractivity contribution in [1.82, 2.24) is 14.9 Å². The Morgan fingerprint density at radius 3 is 2.27 bits per heavy atom. The van der Waals surface area contributed by atoms with E-state index in [1.165, 1.54) is 24.0 Å². The molecular weight excluding hydrogens is 438 g/mol. The second-order valence-corrected chi connectivity index (χ2v) is 9.20. The summed E-state index contributed by atoms with van der Waals surface area (Å²) in [6.07, 6.45) is 1.34. The van der Waals surface area contributed by atoms with E-state index in [-0.39, 0.29) is 30.1 Å². The van der Waals surface area contributed by atoms with Gasteiger partial charge in [0, 0.05) is 32.2 Å². The molecular formula is C24H23F4N3O2. The van der Waals surface area contributed by atoms with Crippen LogP contribution in [0.15, 0.2) is 30.3 Å². The molecule has 2 aromatic rings. The lowest BCUT2D eigenvalue weighted by atomic mass is 9.77. The summed E-state index contributed by atoms with van der Waals surface area (Å²) in [5.74, 6) is -3.50. The van der Waals surface area contributed by atoms with E-state index in [1.54, 1.807) is 5.01 Å². The molecule has 5 nitrogen and oxygen atoms in total. The van der Waals surface area contributed by atoms with Gasteiger partial charge < -0.3 is 4.90 Å². The Kier molecular flexibility index (Phi) is 5.19. The molecule has 0 saturated carbocycles. The highest BCUT2D eigenvalue weighted by molar-refractivity contribution is 5.95. The lowest BCUT2D eigenvalue weighted by Gasteiger charge is -2.38. The van der Waals surface area contributed by atoms with Gasteiger partial charge in [0.2, 0.25) is 5.91 Å². The van der Waals surface area contributed by atoms with E-state index in [0.29, 0.717) is 37.9 Å². The lowest BCUT2D eigenvalue weighted by molar-refractivity contribution is -0.144. The van der Waals surface area contributed by atoms with Gasteiger partial charge in [-0.2, -0.15) is 0 Å². The van der Waals surface area contributed by atoms with Crippen molar-refractivity contribution in [3.8, 4) is 0 Å². The third kappa shape index (κ3) is 3.58. The SMILES string of the molecule is Cc1cc(F)c(C(=O)N2CCC3(CC2)CN2CC[C@@H](c4cc(F)cc(F)c4)N2C3=O)cc1F. The molecule has 5 rings (SSSR count). The maximum Gasteiger partial charge on any atom is 0.256 e. The van der Waals surface area contributed by atoms with E-state index in [2.05, 4.69) is 0 Å². The molecule has 0 N–H and O–H groups in total. The number of likely N-dealkylation sites (tertiary alicyclic amines) is 1. The number of aryl methyl sites for hydroxylation is 1. The molecule has 1 atom stereocenters. The number of carbonyl (C=O) groups excluding carboxylic acids is 2. The van der Waals surface area contributed by atoms with Crippen molar-refractivity contribution in [3.05, 3.63) is 70.3 Å². The van der Waals surface area contributed by atoms with E-state index in [0.717, 1.165) is 18.2 Å². The third-order valence-corrected chi connectivity index (χ3v) is 7.16. The monoisotopic (exact) mass is 461 g/mol. The van der Waals surface area contributed by atoms with E-state index in [1.807, 2.05) is 5.01 Å². The summed E-state index contributed by atoms with van der Waals surface area (Å²) in [5.41, 5.74) is -0.479. The van der Waals surface area contributed by atoms with Crippen molar-refractivity contribution in [2.45, 2.75) is 32.2 Å². The molecule has 174 valence electrons. The van der Waals surface area contributed by atoms with Crippen LogP contribution in [-0.2, 0) is 4.79 Å². The number of benzene rings is 2. The number of fused-ring (bicyclic) bond motifs is 1. The van der Waals surface area contributed by atoms with E-state index in [4.69, 9.17) is 0 Å². The van der Waals surface area contributed by atoms with Crippen molar-refractivity contribution in [1.29, 1.82) is 0 Å². The van der Waals surface area contributed by atoms with Gasteiger partial charge in [-0.05, 0) is 61.6 Å². The van der Waals surface area contributed by atoms with Crippen molar-refractivity contribution in [2.24, 2.45) is 5.41 Å². The standard InChI is InChI=1S/C24H23F4N3O2/c1-14-8-20(28)18(12-19(14)27)22(32)29-6-3-24(4-7-29)13-30-5-2-21(31(30)23(24)33)15-9-16(25)11-17(26)10-15/h8-12,21H,2-7,13H2,1H3/t21-/m0/s1. The summed E-state index contributed by atoms with van der Waals surface area (Å²) in [7, 11) is 0.